The monoisotopic (exact) mass is 264 g/mol. The van der Waals surface area contributed by atoms with Crippen LogP contribution in [0.4, 0.5) is 0 Å². The maximum atomic E-state index is 11.0. The van der Waals surface area contributed by atoms with E-state index in [-0.39, 0.29) is 17.9 Å². The standard InChI is InChI=1S/C12H9ClN2O3/c13-8-2-3-10(9(6-8)12(16)17)18-7-11-14-4-1-5-15-11/h1-6H,7H2,(H,16,17). The van der Waals surface area contributed by atoms with Crippen molar-refractivity contribution in [3.05, 3.63) is 53.1 Å². The summed E-state index contributed by atoms with van der Waals surface area (Å²) in [6.07, 6.45) is 3.18. The van der Waals surface area contributed by atoms with Gasteiger partial charge in [0.1, 0.15) is 17.9 Å². The Bertz CT molecular complexity index is 561. The molecule has 1 aromatic heterocycles. The Balaban J connectivity index is 2.17. The topological polar surface area (TPSA) is 72.3 Å². The van der Waals surface area contributed by atoms with Crippen LogP contribution in [0.25, 0.3) is 0 Å². The van der Waals surface area contributed by atoms with E-state index in [2.05, 4.69) is 9.97 Å². The fourth-order valence-electron chi connectivity index (χ4n) is 1.34. The molecule has 0 radical (unpaired) electrons. The lowest BCUT2D eigenvalue weighted by atomic mass is 10.2. The van der Waals surface area contributed by atoms with Gasteiger partial charge >= 0.3 is 5.97 Å². The highest BCUT2D eigenvalue weighted by Crippen LogP contribution is 2.23. The van der Waals surface area contributed by atoms with Gasteiger partial charge in [-0.2, -0.15) is 0 Å². The van der Waals surface area contributed by atoms with Gasteiger partial charge in [0.05, 0.1) is 0 Å². The molecule has 1 heterocycles. The predicted octanol–water partition coefficient (Wildman–Crippen LogP) is 2.41. The number of carboxylic acids is 1. The van der Waals surface area contributed by atoms with Crippen molar-refractivity contribution in [2.24, 2.45) is 0 Å². The molecule has 0 unspecified atom stereocenters. The average Bonchev–Trinajstić information content (AvgIpc) is 2.38. The highest BCUT2D eigenvalue weighted by molar-refractivity contribution is 6.31. The van der Waals surface area contributed by atoms with E-state index in [0.29, 0.717) is 10.8 Å². The number of nitrogens with zero attached hydrogens (tertiary/aromatic N) is 2. The van der Waals surface area contributed by atoms with Crippen molar-refractivity contribution >= 4 is 17.6 Å². The van der Waals surface area contributed by atoms with Gasteiger partial charge in [-0.15, -0.1) is 0 Å². The molecular weight excluding hydrogens is 256 g/mol. The molecule has 5 nitrogen and oxygen atoms in total. The van der Waals surface area contributed by atoms with Gasteiger partial charge in [-0.25, -0.2) is 14.8 Å². The lowest BCUT2D eigenvalue weighted by Gasteiger charge is -2.08. The van der Waals surface area contributed by atoms with Gasteiger partial charge in [-0.05, 0) is 24.3 Å². The van der Waals surface area contributed by atoms with Gasteiger partial charge in [-0.1, -0.05) is 11.6 Å². The molecule has 6 heteroatoms. The Kier molecular flexibility index (Phi) is 3.74. The van der Waals surface area contributed by atoms with E-state index >= 15 is 0 Å². The summed E-state index contributed by atoms with van der Waals surface area (Å²) in [6, 6.07) is 6.10. The van der Waals surface area contributed by atoms with E-state index in [9.17, 15) is 4.79 Å². The first-order valence-electron chi connectivity index (χ1n) is 5.08. The van der Waals surface area contributed by atoms with Gasteiger partial charge < -0.3 is 9.84 Å². The zero-order valence-electron chi connectivity index (χ0n) is 9.21. The first kappa shape index (κ1) is 12.3. The third-order valence-corrected chi connectivity index (χ3v) is 2.38. The molecule has 0 amide bonds. The number of hydrogen-bond donors (Lipinski definition) is 1. The van der Waals surface area contributed by atoms with Crippen LogP contribution >= 0.6 is 11.6 Å². The van der Waals surface area contributed by atoms with Crippen molar-refractivity contribution in [2.75, 3.05) is 0 Å². The number of halogens is 1. The van der Waals surface area contributed by atoms with E-state index in [1.165, 1.54) is 12.1 Å². The van der Waals surface area contributed by atoms with Crippen molar-refractivity contribution in [1.29, 1.82) is 0 Å². The van der Waals surface area contributed by atoms with Gasteiger partial charge in [0.2, 0.25) is 0 Å². The number of hydrogen-bond acceptors (Lipinski definition) is 4. The molecule has 0 spiro atoms. The number of carbonyl (C=O) groups is 1. The van der Waals surface area contributed by atoms with Crippen LogP contribution in [0, 0.1) is 0 Å². The molecule has 1 N–H and O–H groups in total. The molecule has 0 saturated carbocycles. The Morgan fingerprint density at radius 2 is 2.06 bits per heavy atom. The predicted molar refractivity (Wildman–Crippen MR) is 64.8 cm³/mol. The summed E-state index contributed by atoms with van der Waals surface area (Å²) >= 11 is 5.73. The zero-order chi connectivity index (χ0) is 13.0. The van der Waals surface area contributed by atoms with Crippen LogP contribution in [0.2, 0.25) is 5.02 Å². The minimum Gasteiger partial charge on any atom is -0.485 e. The van der Waals surface area contributed by atoms with E-state index < -0.39 is 5.97 Å². The van der Waals surface area contributed by atoms with E-state index in [4.69, 9.17) is 21.4 Å². The Hall–Kier alpha value is -2.14. The molecule has 18 heavy (non-hydrogen) atoms. The summed E-state index contributed by atoms with van der Waals surface area (Å²) in [5, 5.41) is 9.36. The first-order valence-corrected chi connectivity index (χ1v) is 5.46. The Morgan fingerprint density at radius 1 is 1.33 bits per heavy atom. The zero-order valence-corrected chi connectivity index (χ0v) is 9.96. The number of aromatic carboxylic acids is 1. The molecular formula is C12H9ClN2O3. The van der Waals surface area contributed by atoms with Crippen LogP contribution in [-0.4, -0.2) is 21.0 Å². The number of carboxylic acid groups (broad SMARTS) is 1. The van der Waals surface area contributed by atoms with Gasteiger partial charge in [0.25, 0.3) is 0 Å². The van der Waals surface area contributed by atoms with Crippen molar-refractivity contribution in [2.45, 2.75) is 6.61 Å². The molecule has 0 aliphatic heterocycles. The van der Waals surface area contributed by atoms with E-state index in [1.807, 2.05) is 0 Å². The van der Waals surface area contributed by atoms with Gasteiger partial charge in [0, 0.05) is 17.4 Å². The van der Waals surface area contributed by atoms with Crippen LogP contribution in [0.1, 0.15) is 16.2 Å². The van der Waals surface area contributed by atoms with Crippen molar-refractivity contribution < 1.29 is 14.6 Å². The second-order valence-electron chi connectivity index (χ2n) is 3.40. The summed E-state index contributed by atoms with van der Waals surface area (Å²) in [6.45, 7) is 0.1000. The van der Waals surface area contributed by atoms with E-state index in [1.54, 1.807) is 24.5 Å². The lowest BCUT2D eigenvalue weighted by molar-refractivity contribution is 0.0691. The van der Waals surface area contributed by atoms with Crippen molar-refractivity contribution in [3.8, 4) is 5.75 Å². The quantitative estimate of drug-likeness (QED) is 0.918. The molecule has 0 bridgehead atoms. The molecule has 2 aromatic rings. The number of benzene rings is 1. The fourth-order valence-corrected chi connectivity index (χ4v) is 1.51. The molecule has 0 saturated heterocycles. The Labute approximate surface area is 108 Å². The summed E-state index contributed by atoms with van der Waals surface area (Å²) in [4.78, 5) is 19.0. The Morgan fingerprint density at radius 3 is 2.72 bits per heavy atom. The largest absolute Gasteiger partial charge is 0.485 e. The number of ether oxygens (including phenoxy) is 1. The van der Waals surface area contributed by atoms with Crippen molar-refractivity contribution in [3.63, 3.8) is 0 Å². The molecule has 0 aliphatic rings. The van der Waals surface area contributed by atoms with Crippen LogP contribution in [0.5, 0.6) is 5.75 Å². The molecule has 0 aliphatic carbocycles. The number of aromatic nitrogens is 2. The number of rotatable bonds is 4. The maximum absolute atomic E-state index is 11.0. The molecule has 1 aromatic carbocycles. The first-order chi connectivity index (χ1) is 8.66. The maximum Gasteiger partial charge on any atom is 0.339 e. The normalized spacial score (nSPS) is 10.1. The average molecular weight is 265 g/mol. The third kappa shape index (κ3) is 2.95. The van der Waals surface area contributed by atoms with Crippen molar-refractivity contribution in [1.82, 2.24) is 9.97 Å². The molecule has 2 rings (SSSR count). The minimum absolute atomic E-state index is 0.0124. The van der Waals surface area contributed by atoms with Gasteiger partial charge in [-0.3, -0.25) is 0 Å². The SMILES string of the molecule is O=C(O)c1cc(Cl)ccc1OCc1ncccn1. The van der Waals surface area contributed by atoms with Crippen LogP contribution in [0.3, 0.4) is 0 Å². The minimum atomic E-state index is -1.10. The lowest BCUT2D eigenvalue weighted by Crippen LogP contribution is -2.05. The van der Waals surface area contributed by atoms with Crippen LogP contribution in [-0.2, 0) is 6.61 Å². The summed E-state index contributed by atoms with van der Waals surface area (Å²) in [5.74, 6) is -0.385. The molecule has 0 fully saturated rings. The second kappa shape index (κ2) is 5.46. The third-order valence-electron chi connectivity index (χ3n) is 2.15. The molecule has 92 valence electrons. The summed E-state index contributed by atoms with van der Waals surface area (Å²) in [7, 11) is 0. The smallest absolute Gasteiger partial charge is 0.339 e. The highest BCUT2D eigenvalue weighted by atomic mass is 35.5. The van der Waals surface area contributed by atoms with Crippen LogP contribution in [0.15, 0.2) is 36.7 Å². The van der Waals surface area contributed by atoms with E-state index in [0.717, 1.165) is 0 Å². The molecule has 0 atom stereocenters. The highest BCUT2D eigenvalue weighted by Gasteiger charge is 2.12. The second-order valence-corrected chi connectivity index (χ2v) is 3.84. The van der Waals surface area contributed by atoms with Gasteiger partial charge in [0.15, 0.2) is 5.82 Å². The fraction of sp³-hybridized carbons (Fsp3) is 0.0833. The summed E-state index contributed by atoms with van der Waals surface area (Å²) in [5.41, 5.74) is 0.0124. The summed E-state index contributed by atoms with van der Waals surface area (Å²) < 4.78 is 5.38. The van der Waals surface area contributed by atoms with Crippen LogP contribution < -0.4 is 4.74 Å².